The fraction of sp³-hybridized carbons (Fsp3) is 0.0625. The standard InChI is InChI=1S/C16H11Cl2NO4/c1-23-16(20)13-8-10(3-7-15(13)19(21)22)2-4-11-5-6-12(17)9-14(11)18/h2-9H,1H3. The van der Waals surface area contributed by atoms with Gasteiger partial charge in [0.2, 0.25) is 0 Å². The van der Waals surface area contributed by atoms with Crippen LogP contribution < -0.4 is 0 Å². The molecule has 2 rings (SSSR count). The number of nitro benzene ring substituents is 1. The van der Waals surface area contributed by atoms with E-state index in [9.17, 15) is 14.9 Å². The Balaban J connectivity index is 2.38. The molecule has 0 unspecified atom stereocenters. The van der Waals surface area contributed by atoms with Crippen molar-refractivity contribution >= 4 is 47.0 Å². The SMILES string of the molecule is COC(=O)c1cc(C=Cc2ccc(Cl)cc2Cl)ccc1[N+](=O)[O-]. The molecular weight excluding hydrogens is 341 g/mol. The molecule has 0 saturated heterocycles. The first kappa shape index (κ1) is 17.0. The van der Waals surface area contributed by atoms with Crippen molar-refractivity contribution in [1.29, 1.82) is 0 Å². The molecule has 0 fully saturated rings. The zero-order valence-electron chi connectivity index (χ0n) is 12.0. The Morgan fingerprint density at radius 1 is 1.17 bits per heavy atom. The molecule has 0 aromatic heterocycles. The average Bonchev–Trinajstić information content (AvgIpc) is 2.52. The van der Waals surface area contributed by atoms with Crippen molar-refractivity contribution in [3.63, 3.8) is 0 Å². The number of esters is 1. The van der Waals surface area contributed by atoms with Gasteiger partial charge in [0.05, 0.1) is 12.0 Å². The number of nitro groups is 1. The van der Waals surface area contributed by atoms with Crippen molar-refractivity contribution in [3.8, 4) is 0 Å². The second-order valence-electron chi connectivity index (χ2n) is 4.52. The lowest BCUT2D eigenvalue weighted by atomic mass is 10.1. The van der Waals surface area contributed by atoms with E-state index in [0.717, 1.165) is 5.56 Å². The van der Waals surface area contributed by atoms with E-state index in [1.807, 2.05) is 0 Å². The number of ether oxygens (including phenoxy) is 1. The van der Waals surface area contributed by atoms with Gasteiger partial charge in [-0.25, -0.2) is 4.79 Å². The maximum atomic E-state index is 11.7. The number of rotatable bonds is 4. The van der Waals surface area contributed by atoms with E-state index in [2.05, 4.69) is 4.74 Å². The normalized spacial score (nSPS) is 10.7. The van der Waals surface area contributed by atoms with Crippen molar-refractivity contribution in [2.45, 2.75) is 0 Å². The summed E-state index contributed by atoms with van der Waals surface area (Å²) in [6.07, 6.45) is 3.41. The molecule has 0 bridgehead atoms. The van der Waals surface area contributed by atoms with E-state index in [4.69, 9.17) is 23.2 Å². The summed E-state index contributed by atoms with van der Waals surface area (Å²) in [5.41, 5.74) is 0.913. The summed E-state index contributed by atoms with van der Waals surface area (Å²) in [4.78, 5) is 22.0. The second-order valence-corrected chi connectivity index (χ2v) is 5.37. The predicted octanol–water partition coefficient (Wildman–Crippen LogP) is 4.86. The van der Waals surface area contributed by atoms with E-state index >= 15 is 0 Å². The van der Waals surface area contributed by atoms with E-state index in [1.54, 1.807) is 30.4 Å². The van der Waals surface area contributed by atoms with E-state index in [-0.39, 0.29) is 11.3 Å². The monoisotopic (exact) mass is 351 g/mol. The molecule has 0 radical (unpaired) electrons. The summed E-state index contributed by atoms with van der Waals surface area (Å²) >= 11 is 11.9. The van der Waals surface area contributed by atoms with Gasteiger partial charge in [-0.05, 0) is 35.4 Å². The van der Waals surface area contributed by atoms with Crippen molar-refractivity contribution in [2.24, 2.45) is 0 Å². The lowest BCUT2D eigenvalue weighted by molar-refractivity contribution is -0.385. The molecule has 0 atom stereocenters. The molecule has 7 heteroatoms. The fourth-order valence-corrected chi connectivity index (χ4v) is 2.38. The molecule has 5 nitrogen and oxygen atoms in total. The third-order valence-electron chi connectivity index (χ3n) is 3.04. The van der Waals surface area contributed by atoms with E-state index in [0.29, 0.717) is 15.6 Å². The quantitative estimate of drug-likeness (QED) is 0.341. The van der Waals surface area contributed by atoms with Crippen LogP contribution in [-0.4, -0.2) is 18.0 Å². The first-order valence-corrected chi connectivity index (χ1v) is 7.18. The van der Waals surface area contributed by atoms with Gasteiger partial charge in [-0.1, -0.05) is 41.4 Å². The Bertz CT molecular complexity index is 803. The molecular formula is C16H11Cl2NO4. The van der Waals surface area contributed by atoms with Crippen molar-refractivity contribution in [1.82, 2.24) is 0 Å². The summed E-state index contributed by atoms with van der Waals surface area (Å²) in [7, 11) is 1.17. The zero-order valence-corrected chi connectivity index (χ0v) is 13.5. The molecule has 0 aliphatic rings. The number of carbonyl (C=O) groups excluding carboxylic acids is 1. The number of carbonyl (C=O) groups is 1. The summed E-state index contributed by atoms with van der Waals surface area (Å²) in [5.74, 6) is -0.767. The van der Waals surface area contributed by atoms with E-state index in [1.165, 1.54) is 25.3 Å². The summed E-state index contributed by atoms with van der Waals surface area (Å²) < 4.78 is 4.57. The third-order valence-corrected chi connectivity index (χ3v) is 3.60. The van der Waals surface area contributed by atoms with Crippen LogP contribution in [0.4, 0.5) is 5.69 Å². The van der Waals surface area contributed by atoms with Crippen molar-refractivity contribution in [2.75, 3.05) is 7.11 Å². The summed E-state index contributed by atoms with van der Waals surface area (Å²) in [5, 5.41) is 12.0. The largest absolute Gasteiger partial charge is 0.465 e. The lowest BCUT2D eigenvalue weighted by Crippen LogP contribution is -2.05. The Kier molecular flexibility index (Phi) is 5.36. The highest BCUT2D eigenvalue weighted by molar-refractivity contribution is 6.35. The van der Waals surface area contributed by atoms with Crippen LogP contribution in [0, 0.1) is 10.1 Å². The molecule has 0 amide bonds. The molecule has 23 heavy (non-hydrogen) atoms. The maximum Gasteiger partial charge on any atom is 0.344 e. The Hall–Kier alpha value is -2.37. The topological polar surface area (TPSA) is 69.4 Å². The molecule has 0 N–H and O–H groups in total. The third kappa shape index (κ3) is 4.09. The van der Waals surface area contributed by atoms with Crippen LogP contribution in [0.15, 0.2) is 36.4 Å². The van der Waals surface area contributed by atoms with Crippen LogP contribution in [0.1, 0.15) is 21.5 Å². The fourth-order valence-electron chi connectivity index (χ4n) is 1.91. The minimum Gasteiger partial charge on any atom is -0.465 e. The highest BCUT2D eigenvalue weighted by Crippen LogP contribution is 2.25. The first-order chi connectivity index (χ1) is 10.9. The highest BCUT2D eigenvalue weighted by Gasteiger charge is 2.20. The highest BCUT2D eigenvalue weighted by atomic mass is 35.5. The second kappa shape index (κ2) is 7.26. The van der Waals surface area contributed by atoms with Crippen LogP contribution in [0.3, 0.4) is 0 Å². The van der Waals surface area contributed by atoms with Gasteiger partial charge in [-0.15, -0.1) is 0 Å². The van der Waals surface area contributed by atoms with Crippen LogP contribution in [0.5, 0.6) is 0 Å². The molecule has 118 valence electrons. The molecule has 0 heterocycles. The minimum atomic E-state index is -0.767. The van der Waals surface area contributed by atoms with Crippen molar-refractivity contribution < 1.29 is 14.5 Å². The number of hydrogen-bond donors (Lipinski definition) is 0. The average molecular weight is 352 g/mol. The van der Waals surface area contributed by atoms with Gasteiger partial charge in [-0.2, -0.15) is 0 Å². The zero-order chi connectivity index (χ0) is 17.0. The molecule has 2 aromatic rings. The van der Waals surface area contributed by atoms with Crippen LogP contribution in [0.2, 0.25) is 10.0 Å². The van der Waals surface area contributed by atoms with Crippen molar-refractivity contribution in [3.05, 3.63) is 73.2 Å². The van der Waals surface area contributed by atoms with E-state index < -0.39 is 10.9 Å². The maximum absolute atomic E-state index is 11.7. The number of benzene rings is 2. The van der Waals surface area contributed by atoms with Crippen LogP contribution in [0.25, 0.3) is 12.2 Å². The van der Waals surface area contributed by atoms with Gasteiger partial charge in [0.25, 0.3) is 5.69 Å². The molecule has 0 aliphatic carbocycles. The molecule has 0 aliphatic heterocycles. The Morgan fingerprint density at radius 3 is 2.52 bits per heavy atom. The molecule has 2 aromatic carbocycles. The van der Waals surface area contributed by atoms with Crippen LogP contribution >= 0.6 is 23.2 Å². The van der Waals surface area contributed by atoms with Gasteiger partial charge < -0.3 is 4.74 Å². The Labute approximate surface area is 142 Å². The Morgan fingerprint density at radius 2 is 1.91 bits per heavy atom. The summed E-state index contributed by atoms with van der Waals surface area (Å²) in [6.45, 7) is 0. The predicted molar refractivity (Wildman–Crippen MR) is 89.8 cm³/mol. The number of methoxy groups -OCH3 is 1. The molecule has 0 saturated carbocycles. The van der Waals surface area contributed by atoms with Gasteiger partial charge in [-0.3, -0.25) is 10.1 Å². The van der Waals surface area contributed by atoms with Gasteiger partial charge >= 0.3 is 5.97 Å². The lowest BCUT2D eigenvalue weighted by Gasteiger charge is -2.03. The number of nitrogens with zero attached hydrogens (tertiary/aromatic N) is 1. The number of hydrogen-bond acceptors (Lipinski definition) is 4. The molecule has 0 spiro atoms. The van der Waals surface area contributed by atoms with Gasteiger partial charge in [0.1, 0.15) is 5.56 Å². The minimum absolute atomic E-state index is 0.109. The number of halogens is 2. The van der Waals surface area contributed by atoms with Crippen LogP contribution in [-0.2, 0) is 4.74 Å². The van der Waals surface area contributed by atoms with Gasteiger partial charge in [0, 0.05) is 16.1 Å². The van der Waals surface area contributed by atoms with Gasteiger partial charge in [0.15, 0.2) is 0 Å². The smallest absolute Gasteiger partial charge is 0.344 e. The summed E-state index contributed by atoms with van der Waals surface area (Å²) in [6, 6.07) is 9.24. The first-order valence-electron chi connectivity index (χ1n) is 6.42.